The quantitative estimate of drug-likeness (QED) is 0.733. The normalized spacial score (nSPS) is 10.7. The van der Waals surface area contributed by atoms with Gasteiger partial charge in [0.05, 0.1) is 5.69 Å². The third-order valence-corrected chi connectivity index (χ3v) is 3.24. The van der Waals surface area contributed by atoms with Crippen LogP contribution in [0.3, 0.4) is 0 Å². The van der Waals surface area contributed by atoms with Gasteiger partial charge in [-0.3, -0.25) is 15.0 Å². The standard InChI is InChI=1S/C15H9ClN2O2/c16-9-5-7-10(8-6-9)17-18-13-14(19)11-3-1-2-4-12(11)15(13)20/h1-8,17H. The minimum Gasteiger partial charge on any atom is -0.287 e. The second kappa shape index (κ2) is 4.90. The summed E-state index contributed by atoms with van der Waals surface area (Å²) >= 11 is 5.77. The number of benzene rings is 2. The molecule has 0 heterocycles. The van der Waals surface area contributed by atoms with E-state index in [9.17, 15) is 9.59 Å². The van der Waals surface area contributed by atoms with Gasteiger partial charge in [-0.05, 0) is 24.3 Å². The lowest BCUT2D eigenvalue weighted by Crippen LogP contribution is -2.32. The minimum atomic E-state index is -0.355. The molecule has 0 aliphatic heterocycles. The SMILES string of the molecule is O=c1c(=NNc2ccc(Cl)cc2)c(=O)c2ccccc12. The van der Waals surface area contributed by atoms with Crippen LogP contribution in [-0.2, 0) is 0 Å². The van der Waals surface area contributed by atoms with Crippen LogP contribution in [0.25, 0.3) is 10.8 Å². The lowest BCUT2D eigenvalue weighted by atomic mass is 10.2. The highest BCUT2D eigenvalue weighted by Crippen LogP contribution is 2.12. The van der Waals surface area contributed by atoms with Gasteiger partial charge in [0, 0.05) is 15.8 Å². The zero-order valence-corrected chi connectivity index (χ0v) is 11.0. The molecule has 0 saturated carbocycles. The summed E-state index contributed by atoms with van der Waals surface area (Å²) < 4.78 is 0. The molecule has 3 rings (SSSR count). The van der Waals surface area contributed by atoms with Gasteiger partial charge in [-0.25, -0.2) is 0 Å². The first kappa shape index (κ1) is 12.6. The Kier molecular flexibility index (Phi) is 3.08. The number of nitrogens with one attached hydrogen (secondary N) is 1. The molecular weight excluding hydrogens is 276 g/mol. The Morgan fingerprint density at radius 2 is 1.40 bits per heavy atom. The molecule has 0 amide bonds. The van der Waals surface area contributed by atoms with Crippen molar-refractivity contribution in [1.29, 1.82) is 0 Å². The Morgan fingerprint density at radius 1 is 0.850 bits per heavy atom. The molecule has 0 radical (unpaired) electrons. The zero-order valence-electron chi connectivity index (χ0n) is 10.3. The molecule has 1 N–H and O–H groups in total. The van der Waals surface area contributed by atoms with Crippen molar-refractivity contribution in [2.24, 2.45) is 5.10 Å². The van der Waals surface area contributed by atoms with Crippen molar-refractivity contribution in [3.05, 3.63) is 79.4 Å². The molecule has 0 bridgehead atoms. The number of anilines is 1. The Balaban J connectivity index is 2.10. The van der Waals surface area contributed by atoms with Crippen LogP contribution in [0.5, 0.6) is 0 Å². The highest BCUT2D eigenvalue weighted by Gasteiger charge is 2.09. The van der Waals surface area contributed by atoms with Crippen LogP contribution in [0.4, 0.5) is 5.69 Å². The van der Waals surface area contributed by atoms with Gasteiger partial charge in [0.25, 0.3) is 0 Å². The lowest BCUT2D eigenvalue weighted by molar-refractivity contribution is 1.20. The number of rotatable bonds is 2. The smallest absolute Gasteiger partial charge is 0.217 e. The van der Waals surface area contributed by atoms with Crippen LogP contribution < -0.4 is 21.6 Å². The highest BCUT2D eigenvalue weighted by molar-refractivity contribution is 6.30. The molecular formula is C15H9ClN2O2. The van der Waals surface area contributed by atoms with E-state index in [1.54, 1.807) is 48.5 Å². The van der Waals surface area contributed by atoms with E-state index in [1.165, 1.54) is 0 Å². The van der Waals surface area contributed by atoms with Gasteiger partial charge < -0.3 is 0 Å². The lowest BCUT2D eigenvalue weighted by Gasteiger charge is -1.97. The van der Waals surface area contributed by atoms with Crippen LogP contribution in [0, 0.1) is 0 Å². The molecule has 0 aliphatic carbocycles. The minimum absolute atomic E-state index is 0.0962. The molecule has 0 saturated heterocycles. The van der Waals surface area contributed by atoms with Crippen LogP contribution >= 0.6 is 11.6 Å². The predicted molar refractivity (Wildman–Crippen MR) is 79.5 cm³/mol. The van der Waals surface area contributed by atoms with E-state index < -0.39 is 0 Å². The molecule has 20 heavy (non-hydrogen) atoms. The summed E-state index contributed by atoms with van der Waals surface area (Å²) in [5.41, 5.74) is 2.64. The van der Waals surface area contributed by atoms with Crippen LogP contribution in [0.15, 0.2) is 63.2 Å². The van der Waals surface area contributed by atoms with E-state index in [-0.39, 0.29) is 16.2 Å². The summed E-state index contributed by atoms with van der Waals surface area (Å²) in [6, 6.07) is 13.5. The van der Waals surface area contributed by atoms with Gasteiger partial charge in [-0.1, -0.05) is 35.9 Å². The Morgan fingerprint density at radius 3 is 1.95 bits per heavy atom. The molecule has 0 aromatic heterocycles. The summed E-state index contributed by atoms with van der Waals surface area (Å²) in [4.78, 5) is 24.1. The molecule has 0 fully saturated rings. The zero-order chi connectivity index (χ0) is 14.1. The van der Waals surface area contributed by atoms with Gasteiger partial charge >= 0.3 is 0 Å². The average Bonchev–Trinajstić information content (AvgIpc) is 2.71. The van der Waals surface area contributed by atoms with Crippen molar-refractivity contribution in [2.75, 3.05) is 5.43 Å². The summed E-state index contributed by atoms with van der Waals surface area (Å²) in [7, 11) is 0. The van der Waals surface area contributed by atoms with Crippen molar-refractivity contribution in [3.63, 3.8) is 0 Å². The third-order valence-electron chi connectivity index (χ3n) is 2.99. The van der Waals surface area contributed by atoms with E-state index in [0.29, 0.717) is 21.5 Å². The fraction of sp³-hybridized carbons (Fsp3) is 0. The molecule has 0 spiro atoms. The molecule has 0 atom stereocenters. The summed E-state index contributed by atoms with van der Waals surface area (Å²) in [6.45, 7) is 0. The fourth-order valence-electron chi connectivity index (χ4n) is 1.98. The molecule has 0 unspecified atom stereocenters. The largest absolute Gasteiger partial charge is 0.287 e. The average molecular weight is 285 g/mol. The topological polar surface area (TPSA) is 58.5 Å². The molecule has 3 aromatic rings. The van der Waals surface area contributed by atoms with Crippen molar-refractivity contribution in [3.8, 4) is 0 Å². The maximum Gasteiger partial charge on any atom is 0.217 e. The van der Waals surface area contributed by atoms with E-state index in [1.807, 2.05) is 0 Å². The highest BCUT2D eigenvalue weighted by atomic mass is 35.5. The number of hydrogen-bond acceptors (Lipinski definition) is 4. The van der Waals surface area contributed by atoms with Crippen molar-refractivity contribution in [1.82, 2.24) is 0 Å². The van der Waals surface area contributed by atoms with Crippen molar-refractivity contribution < 1.29 is 0 Å². The number of hydrogen-bond donors (Lipinski definition) is 1. The van der Waals surface area contributed by atoms with Gasteiger partial charge in [0.2, 0.25) is 10.9 Å². The summed E-state index contributed by atoms with van der Waals surface area (Å²) in [6.07, 6.45) is 0. The second-order valence-corrected chi connectivity index (χ2v) is 4.72. The molecule has 98 valence electrons. The maximum atomic E-state index is 12.1. The van der Waals surface area contributed by atoms with Crippen molar-refractivity contribution in [2.45, 2.75) is 0 Å². The van der Waals surface area contributed by atoms with Crippen LogP contribution in [0.2, 0.25) is 5.02 Å². The van der Waals surface area contributed by atoms with Gasteiger partial charge in [-0.2, -0.15) is 5.10 Å². The number of nitrogens with zero attached hydrogens (tertiary/aromatic N) is 1. The summed E-state index contributed by atoms with van der Waals surface area (Å²) in [5, 5.41) is 5.22. The summed E-state index contributed by atoms with van der Waals surface area (Å²) in [5.74, 6) is 0. The monoisotopic (exact) mass is 284 g/mol. The maximum absolute atomic E-state index is 12.1. The van der Waals surface area contributed by atoms with Gasteiger partial charge in [-0.15, -0.1) is 0 Å². The first-order valence-corrected chi connectivity index (χ1v) is 6.32. The van der Waals surface area contributed by atoms with E-state index >= 15 is 0 Å². The second-order valence-electron chi connectivity index (χ2n) is 4.28. The van der Waals surface area contributed by atoms with Gasteiger partial charge in [0.1, 0.15) is 0 Å². The van der Waals surface area contributed by atoms with Crippen LogP contribution in [0.1, 0.15) is 0 Å². The Labute approximate surface area is 118 Å². The third kappa shape index (κ3) is 2.10. The first-order chi connectivity index (χ1) is 9.66. The van der Waals surface area contributed by atoms with E-state index in [0.717, 1.165) is 0 Å². The Hall–Kier alpha value is -2.46. The number of fused-ring (bicyclic) bond motifs is 1. The van der Waals surface area contributed by atoms with Crippen molar-refractivity contribution >= 4 is 28.1 Å². The van der Waals surface area contributed by atoms with Gasteiger partial charge in [0.15, 0.2) is 5.36 Å². The molecule has 3 aromatic carbocycles. The predicted octanol–water partition coefficient (Wildman–Crippen LogP) is 2.02. The molecule has 4 nitrogen and oxygen atoms in total. The Bertz CT molecular complexity index is 873. The molecule has 5 heteroatoms. The first-order valence-electron chi connectivity index (χ1n) is 5.94. The van der Waals surface area contributed by atoms with Crippen LogP contribution in [-0.4, -0.2) is 0 Å². The van der Waals surface area contributed by atoms with E-state index in [2.05, 4.69) is 10.5 Å². The fourth-order valence-corrected chi connectivity index (χ4v) is 2.11. The molecule has 0 aliphatic rings. The number of halogens is 1. The van der Waals surface area contributed by atoms with E-state index in [4.69, 9.17) is 11.6 Å².